The molecule has 0 saturated carbocycles. The van der Waals surface area contributed by atoms with Crippen LogP contribution in [0.5, 0.6) is 0 Å². The molecule has 92 valence electrons. The van der Waals surface area contributed by atoms with Crippen molar-refractivity contribution >= 4 is 12.1 Å². The lowest BCUT2D eigenvalue weighted by atomic mass is 10.1. The van der Waals surface area contributed by atoms with Crippen molar-refractivity contribution in [2.24, 2.45) is 0 Å². The van der Waals surface area contributed by atoms with E-state index in [1.54, 1.807) is 18.7 Å². The number of likely N-dealkylation sites (tertiary alicyclic amines) is 1. The van der Waals surface area contributed by atoms with Crippen LogP contribution < -0.4 is 0 Å². The van der Waals surface area contributed by atoms with Crippen LogP contribution in [0.1, 0.15) is 33.1 Å². The Labute approximate surface area is 95.7 Å². The highest BCUT2D eigenvalue weighted by Crippen LogP contribution is 2.21. The zero-order valence-electron chi connectivity index (χ0n) is 9.90. The van der Waals surface area contributed by atoms with Gasteiger partial charge in [-0.1, -0.05) is 0 Å². The molecule has 5 nitrogen and oxygen atoms in total. The van der Waals surface area contributed by atoms with Crippen molar-refractivity contribution in [1.29, 1.82) is 0 Å². The molecule has 1 amide bonds. The molecule has 0 aromatic heterocycles. The minimum atomic E-state index is -0.325. The van der Waals surface area contributed by atoms with E-state index in [4.69, 9.17) is 9.47 Å². The van der Waals surface area contributed by atoms with Gasteiger partial charge in [0.25, 0.3) is 0 Å². The summed E-state index contributed by atoms with van der Waals surface area (Å²) in [5.41, 5.74) is 0. The Morgan fingerprint density at radius 2 is 1.94 bits per heavy atom. The van der Waals surface area contributed by atoms with Crippen LogP contribution in [0.3, 0.4) is 0 Å². The molecule has 1 aliphatic heterocycles. The molecule has 5 heteroatoms. The first-order chi connectivity index (χ1) is 7.69. The molecule has 0 spiro atoms. The third-order valence-electron chi connectivity index (χ3n) is 2.59. The van der Waals surface area contributed by atoms with Gasteiger partial charge in [-0.05, 0) is 26.7 Å². The maximum Gasteiger partial charge on any atom is 0.410 e. The number of rotatable bonds is 4. The van der Waals surface area contributed by atoms with Gasteiger partial charge in [-0.2, -0.15) is 0 Å². The van der Waals surface area contributed by atoms with E-state index < -0.39 is 0 Å². The quantitative estimate of drug-likeness (QED) is 0.686. The normalized spacial score (nSPS) is 19.6. The Balaban J connectivity index is 2.45. The highest BCUT2D eigenvalue weighted by molar-refractivity contribution is 5.73. The fraction of sp³-hybridized carbons (Fsp3) is 0.818. The smallest absolute Gasteiger partial charge is 0.410 e. The van der Waals surface area contributed by atoms with Gasteiger partial charge in [0.05, 0.1) is 19.6 Å². The molecule has 0 bridgehead atoms. The van der Waals surface area contributed by atoms with Gasteiger partial charge in [-0.3, -0.25) is 4.79 Å². The van der Waals surface area contributed by atoms with E-state index in [1.807, 2.05) is 0 Å². The molecule has 1 unspecified atom stereocenters. The lowest BCUT2D eigenvalue weighted by Crippen LogP contribution is -2.37. The number of amides is 1. The summed E-state index contributed by atoms with van der Waals surface area (Å²) in [6.07, 6.45) is 1.71. The van der Waals surface area contributed by atoms with Gasteiger partial charge in [-0.25, -0.2) is 4.79 Å². The van der Waals surface area contributed by atoms with Crippen LogP contribution >= 0.6 is 0 Å². The lowest BCUT2D eigenvalue weighted by molar-refractivity contribution is -0.144. The average Bonchev–Trinajstić information content (AvgIpc) is 2.66. The van der Waals surface area contributed by atoms with Crippen LogP contribution in [0.15, 0.2) is 0 Å². The molecular formula is C11H19NO4. The molecule has 1 aliphatic rings. The molecular weight excluding hydrogens is 210 g/mol. The molecule has 1 atom stereocenters. The Bertz CT molecular complexity index is 254. The maximum atomic E-state index is 11.5. The number of carbonyl (C=O) groups excluding carboxylic acids is 2. The van der Waals surface area contributed by atoms with Crippen LogP contribution in [0.25, 0.3) is 0 Å². The van der Waals surface area contributed by atoms with E-state index in [2.05, 4.69) is 0 Å². The predicted octanol–water partition coefficient (Wildman–Crippen LogP) is 1.56. The van der Waals surface area contributed by atoms with Crippen molar-refractivity contribution in [3.05, 3.63) is 0 Å². The SMILES string of the molecule is CCOC(=O)CC1CCCN1C(=O)OCC. The van der Waals surface area contributed by atoms with Crippen molar-refractivity contribution in [3.63, 3.8) is 0 Å². The molecule has 0 aliphatic carbocycles. The van der Waals surface area contributed by atoms with Gasteiger partial charge in [0, 0.05) is 12.6 Å². The minimum absolute atomic E-state index is 0.0573. The molecule has 1 heterocycles. The number of hydrogen-bond acceptors (Lipinski definition) is 4. The molecule has 1 rings (SSSR count). The summed E-state index contributed by atoms with van der Waals surface area (Å²) in [6.45, 7) is 4.96. The number of esters is 1. The largest absolute Gasteiger partial charge is 0.466 e. The second-order valence-corrected chi connectivity index (χ2v) is 3.70. The zero-order valence-corrected chi connectivity index (χ0v) is 9.90. The van der Waals surface area contributed by atoms with Crippen molar-refractivity contribution in [3.8, 4) is 0 Å². The van der Waals surface area contributed by atoms with Gasteiger partial charge in [0.1, 0.15) is 0 Å². The van der Waals surface area contributed by atoms with Gasteiger partial charge in [0.15, 0.2) is 0 Å². The summed E-state index contributed by atoms with van der Waals surface area (Å²) in [5.74, 6) is -0.247. The molecule has 16 heavy (non-hydrogen) atoms. The van der Waals surface area contributed by atoms with Gasteiger partial charge in [-0.15, -0.1) is 0 Å². The number of ether oxygens (including phenoxy) is 2. The maximum absolute atomic E-state index is 11.5. The predicted molar refractivity (Wildman–Crippen MR) is 58.0 cm³/mol. The summed E-state index contributed by atoms with van der Waals surface area (Å²) in [6, 6.07) is -0.0573. The second kappa shape index (κ2) is 6.35. The fourth-order valence-corrected chi connectivity index (χ4v) is 1.91. The molecule has 1 fully saturated rings. The Morgan fingerprint density at radius 1 is 1.25 bits per heavy atom. The summed E-state index contributed by atoms with van der Waals surface area (Å²) in [5, 5.41) is 0. The van der Waals surface area contributed by atoms with E-state index in [0.717, 1.165) is 12.8 Å². The van der Waals surface area contributed by atoms with E-state index in [-0.39, 0.29) is 24.5 Å². The van der Waals surface area contributed by atoms with Crippen LogP contribution in [-0.4, -0.2) is 42.8 Å². The zero-order chi connectivity index (χ0) is 12.0. The van der Waals surface area contributed by atoms with Gasteiger partial charge >= 0.3 is 12.1 Å². The minimum Gasteiger partial charge on any atom is -0.466 e. The highest BCUT2D eigenvalue weighted by Gasteiger charge is 2.31. The summed E-state index contributed by atoms with van der Waals surface area (Å²) in [7, 11) is 0. The van der Waals surface area contributed by atoms with E-state index in [0.29, 0.717) is 19.8 Å². The second-order valence-electron chi connectivity index (χ2n) is 3.70. The molecule has 0 radical (unpaired) electrons. The van der Waals surface area contributed by atoms with Crippen LogP contribution in [0.4, 0.5) is 4.79 Å². The number of hydrogen-bond donors (Lipinski definition) is 0. The Hall–Kier alpha value is -1.26. The van der Waals surface area contributed by atoms with E-state index in [1.165, 1.54) is 0 Å². The van der Waals surface area contributed by atoms with E-state index >= 15 is 0 Å². The van der Waals surface area contributed by atoms with Crippen LogP contribution in [-0.2, 0) is 14.3 Å². The number of carbonyl (C=O) groups is 2. The topological polar surface area (TPSA) is 55.8 Å². The van der Waals surface area contributed by atoms with Crippen molar-refractivity contribution in [1.82, 2.24) is 4.90 Å². The fourth-order valence-electron chi connectivity index (χ4n) is 1.91. The van der Waals surface area contributed by atoms with Crippen molar-refractivity contribution in [2.45, 2.75) is 39.2 Å². The van der Waals surface area contributed by atoms with Gasteiger partial charge < -0.3 is 14.4 Å². The van der Waals surface area contributed by atoms with Crippen molar-refractivity contribution in [2.75, 3.05) is 19.8 Å². The average molecular weight is 229 g/mol. The van der Waals surface area contributed by atoms with Crippen LogP contribution in [0, 0.1) is 0 Å². The summed E-state index contributed by atoms with van der Waals surface area (Å²) in [4.78, 5) is 24.5. The molecule has 1 saturated heterocycles. The summed E-state index contributed by atoms with van der Waals surface area (Å²) >= 11 is 0. The first-order valence-electron chi connectivity index (χ1n) is 5.78. The monoisotopic (exact) mass is 229 g/mol. The standard InChI is InChI=1S/C11H19NO4/c1-3-15-10(13)8-9-6-5-7-12(9)11(14)16-4-2/h9H,3-8H2,1-2H3. The molecule has 0 aromatic carbocycles. The van der Waals surface area contributed by atoms with Crippen LogP contribution in [0.2, 0.25) is 0 Å². The number of nitrogens with zero attached hydrogens (tertiary/aromatic N) is 1. The molecule has 0 N–H and O–H groups in total. The first-order valence-corrected chi connectivity index (χ1v) is 5.78. The van der Waals surface area contributed by atoms with Crippen molar-refractivity contribution < 1.29 is 19.1 Å². The van der Waals surface area contributed by atoms with Gasteiger partial charge in [0.2, 0.25) is 0 Å². The third kappa shape index (κ3) is 3.40. The summed E-state index contributed by atoms with van der Waals surface area (Å²) < 4.78 is 9.81. The first kappa shape index (κ1) is 12.8. The van der Waals surface area contributed by atoms with E-state index in [9.17, 15) is 9.59 Å². The highest BCUT2D eigenvalue weighted by atomic mass is 16.6. The lowest BCUT2D eigenvalue weighted by Gasteiger charge is -2.22. The Morgan fingerprint density at radius 3 is 2.56 bits per heavy atom. The Kier molecular flexibility index (Phi) is 5.08. The molecule has 0 aromatic rings. The third-order valence-corrected chi connectivity index (χ3v) is 2.59.